The monoisotopic (exact) mass is 415 g/mol. The molecule has 3 heteroatoms. The van der Waals surface area contributed by atoms with Gasteiger partial charge in [0.25, 0.3) is 0 Å². The molecule has 0 saturated carbocycles. The Hall–Kier alpha value is -2.78. The van der Waals surface area contributed by atoms with Crippen LogP contribution in [0.1, 0.15) is 56.6 Å². The van der Waals surface area contributed by atoms with Crippen LogP contribution in [0.15, 0.2) is 66.7 Å². The molecule has 0 saturated heterocycles. The molecule has 3 aromatic carbocycles. The second-order valence-electron chi connectivity index (χ2n) is 8.56. The van der Waals surface area contributed by atoms with Crippen molar-refractivity contribution in [3.8, 4) is 5.75 Å². The van der Waals surface area contributed by atoms with E-state index in [9.17, 15) is 0 Å². The van der Waals surface area contributed by atoms with Crippen molar-refractivity contribution in [2.24, 2.45) is 0 Å². The van der Waals surface area contributed by atoms with Crippen LogP contribution in [0.3, 0.4) is 0 Å². The fourth-order valence-corrected chi connectivity index (χ4v) is 4.61. The molecule has 162 valence electrons. The highest BCUT2D eigenvalue weighted by molar-refractivity contribution is 6.08. The lowest BCUT2D eigenvalue weighted by atomic mass is 9.89. The second kappa shape index (κ2) is 9.57. The minimum atomic E-state index is 0.0425. The summed E-state index contributed by atoms with van der Waals surface area (Å²) in [6.45, 7) is 8.23. The molecule has 1 aromatic heterocycles. The summed E-state index contributed by atoms with van der Waals surface area (Å²) in [5.74, 6) is 1.83. The summed E-state index contributed by atoms with van der Waals surface area (Å²) in [5.41, 5.74) is 5.41. The zero-order valence-corrected chi connectivity index (χ0v) is 18.8. The zero-order chi connectivity index (χ0) is 21.8. The van der Waals surface area contributed by atoms with Gasteiger partial charge in [-0.3, -0.25) is 0 Å². The molecule has 2 unspecified atom stereocenters. The van der Waals surface area contributed by atoms with Crippen molar-refractivity contribution < 1.29 is 9.84 Å². The van der Waals surface area contributed by atoms with Crippen LogP contribution in [0.25, 0.3) is 21.8 Å². The Morgan fingerprint density at radius 3 is 2.16 bits per heavy atom. The molecule has 4 rings (SSSR count). The number of ether oxygens (including phenoxy) is 1. The first-order valence-corrected chi connectivity index (χ1v) is 11.5. The van der Waals surface area contributed by atoms with Gasteiger partial charge in [-0.25, -0.2) is 0 Å². The van der Waals surface area contributed by atoms with E-state index in [0.29, 0.717) is 18.4 Å². The van der Waals surface area contributed by atoms with Gasteiger partial charge in [-0.1, -0.05) is 50.2 Å². The minimum Gasteiger partial charge on any atom is -0.491 e. The third-order valence-corrected chi connectivity index (χ3v) is 6.52. The number of nitrogens with zero attached hydrogens (tertiary/aromatic N) is 1. The van der Waals surface area contributed by atoms with Crippen LogP contribution in [0, 0.1) is 0 Å². The molecular formula is C28H33NO2. The van der Waals surface area contributed by atoms with Gasteiger partial charge in [0, 0.05) is 28.4 Å². The van der Waals surface area contributed by atoms with E-state index in [1.165, 1.54) is 32.9 Å². The maximum absolute atomic E-state index is 8.88. The Kier molecular flexibility index (Phi) is 6.62. The Morgan fingerprint density at radius 2 is 1.45 bits per heavy atom. The van der Waals surface area contributed by atoms with Gasteiger partial charge in [-0.15, -0.1) is 0 Å². The molecule has 0 spiro atoms. The Bertz CT molecular complexity index is 1140. The second-order valence-corrected chi connectivity index (χ2v) is 8.56. The number of benzene rings is 3. The van der Waals surface area contributed by atoms with Crippen LogP contribution in [0.2, 0.25) is 0 Å². The fraction of sp³-hybridized carbons (Fsp3) is 0.357. The van der Waals surface area contributed by atoms with E-state index in [1.807, 2.05) is 12.1 Å². The highest BCUT2D eigenvalue weighted by atomic mass is 16.5. The number of hydrogen-bond acceptors (Lipinski definition) is 2. The molecule has 0 amide bonds. The minimum absolute atomic E-state index is 0.0425. The van der Waals surface area contributed by atoms with Crippen LogP contribution in [-0.4, -0.2) is 22.9 Å². The summed E-state index contributed by atoms with van der Waals surface area (Å²) in [6.07, 6.45) is 2.30. The molecule has 2 atom stereocenters. The van der Waals surface area contributed by atoms with Crippen molar-refractivity contribution in [1.29, 1.82) is 0 Å². The van der Waals surface area contributed by atoms with Gasteiger partial charge in [0.05, 0.1) is 6.61 Å². The lowest BCUT2D eigenvalue weighted by Crippen LogP contribution is -2.02. The molecule has 0 aliphatic heterocycles. The van der Waals surface area contributed by atoms with Crippen LogP contribution in [0.4, 0.5) is 0 Å². The molecular weight excluding hydrogens is 382 g/mol. The lowest BCUT2D eigenvalue weighted by molar-refractivity contribution is 0.201. The fourth-order valence-electron chi connectivity index (χ4n) is 4.61. The van der Waals surface area contributed by atoms with E-state index in [4.69, 9.17) is 9.84 Å². The quantitative estimate of drug-likeness (QED) is 0.323. The van der Waals surface area contributed by atoms with Crippen molar-refractivity contribution in [2.75, 3.05) is 13.2 Å². The Morgan fingerprint density at radius 1 is 0.806 bits per heavy atom. The van der Waals surface area contributed by atoms with Crippen LogP contribution < -0.4 is 4.74 Å². The third kappa shape index (κ3) is 4.47. The first-order chi connectivity index (χ1) is 15.1. The van der Waals surface area contributed by atoms with E-state index < -0.39 is 0 Å². The average Bonchev–Trinajstić information content (AvgIpc) is 3.14. The molecule has 0 aliphatic rings. The van der Waals surface area contributed by atoms with Crippen LogP contribution >= 0.6 is 0 Å². The van der Waals surface area contributed by atoms with E-state index in [1.54, 1.807) is 0 Å². The maximum atomic E-state index is 8.88. The molecule has 31 heavy (non-hydrogen) atoms. The van der Waals surface area contributed by atoms with Crippen molar-refractivity contribution in [3.63, 3.8) is 0 Å². The summed E-state index contributed by atoms with van der Waals surface area (Å²) < 4.78 is 7.88. The molecule has 0 aliphatic carbocycles. The van der Waals surface area contributed by atoms with Gasteiger partial charge in [-0.2, -0.15) is 0 Å². The number of para-hydroxylation sites is 1. The standard InChI is InChI=1S/C28H33NO2/c1-4-29-27-8-6-5-7-25(27)26-19-23(13-16-28(26)29)21(3)10-9-20(2)22-11-14-24(15-12-22)31-18-17-30/h5-8,11-16,19-21,30H,4,9-10,17-18H2,1-3H3. The predicted molar refractivity (Wildman–Crippen MR) is 130 cm³/mol. The van der Waals surface area contributed by atoms with Crippen molar-refractivity contribution in [3.05, 3.63) is 77.9 Å². The van der Waals surface area contributed by atoms with Crippen LogP contribution in [0.5, 0.6) is 5.75 Å². The van der Waals surface area contributed by atoms with Crippen molar-refractivity contribution >= 4 is 21.8 Å². The molecule has 0 fully saturated rings. The van der Waals surface area contributed by atoms with Gasteiger partial charge in [-0.05, 0) is 73.1 Å². The summed E-state index contributed by atoms with van der Waals surface area (Å²) >= 11 is 0. The molecule has 0 radical (unpaired) electrons. The van der Waals surface area contributed by atoms with E-state index >= 15 is 0 Å². The van der Waals surface area contributed by atoms with E-state index in [-0.39, 0.29) is 6.61 Å². The largest absolute Gasteiger partial charge is 0.491 e. The number of rotatable bonds is 9. The Labute approximate surface area is 185 Å². The highest BCUT2D eigenvalue weighted by Gasteiger charge is 2.14. The first-order valence-electron chi connectivity index (χ1n) is 11.5. The summed E-state index contributed by atoms with van der Waals surface area (Å²) in [7, 11) is 0. The summed E-state index contributed by atoms with van der Waals surface area (Å²) in [5, 5.41) is 11.6. The van der Waals surface area contributed by atoms with Crippen molar-refractivity contribution in [2.45, 2.75) is 52.0 Å². The molecule has 3 nitrogen and oxygen atoms in total. The molecule has 1 heterocycles. The topological polar surface area (TPSA) is 34.4 Å². The van der Waals surface area contributed by atoms with Gasteiger partial charge < -0.3 is 14.4 Å². The number of aliphatic hydroxyl groups is 1. The molecule has 0 bridgehead atoms. The smallest absolute Gasteiger partial charge is 0.119 e. The average molecular weight is 416 g/mol. The van der Waals surface area contributed by atoms with Crippen LogP contribution in [-0.2, 0) is 6.54 Å². The number of aliphatic hydroxyl groups excluding tert-OH is 1. The lowest BCUT2D eigenvalue weighted by Gasteiger charge is -2.17. The predicted octanol–water partition coefficient (Wildman–Crippen LogP) is 6.87. The highest BCUT2D eigenvalue weighted by Crippen LogP contribution is 2.34. The van der Waals surface area contributed by atoms with Gasteiger partial charge in [0.2, 0.25) is 0 Å². The van der Waals surface area contributed by atoms with Gasteiger partial charge in [0.15, 0.2) is 0 Å². The first kappa shape index (κ1) is 21.5. The van der Waals surface area contributed by atoms with Crippen molar-refractivity contribution in [1.82, 2.24) is 4.57 Å². The normalized spacial score (nSPS) is 13.5. The number of aryl methyl sites for hydroxylation is 1. The third-order valence-electron chi connectivity index (χ3n) is 6.52. The molecule has 4 aromatic rings. The van der Waals surface area contributed by atoms with Gasteiger partial charge in [0.1, 0.15) is 12.4 Å². The molecule has 1 N–H and O–H groups in total. The zero-order valence-electron chi connectivity index (χ0n) is 18.8. The SMILES string of the molecule is CCn1c2ccccc2c2cc(C(C)CCC(C)c3ccc(OCCO)cc3)ccc21. The number of aromatic nitrogens is 1. The Balaban J connectivity index is 1.47. The van der Waals surface area contributed by atoms with Gasteiger partial charge >= 0.3 is 0 Å². The summed E-state index contributed by atoms with van der Waals surface area (Å²) in [4.78, 5) is 0. The number of fused-ring (bicyclic) bond motifs is 3. The number of hydrogen-bond donors (Lipinski definition) is 1. The van der Waals surface area contributed by atoms with E-state index in [0.717, 1.165) is 25.1 Å². The maximum Gasteiger partial charge on any atom is 0.119 e. The van der Waals surface area contributed by atoms with E-state index in [2.05, 4.69) is 79.9 Å². The summed E-state index contributed by atoms with van der Waals surface area (Å²) in [6, 6.07) is 24.1.